The Morgan fingerprint density at radius 3 is 2.29 bits per heavy atom. The Bertz CT molecular complexity index is 471. The Hall–Kier alpha value is -1.66. The topological polar surface area (TPSA) is 73.6 Å². The Morgan fingerprint density at radius 2 is 1.81 bits per heavy atom. The van der Waals surface area contributed by atoms with E-state index in [1.807, 2.05) is 6.92 Å². The summed E-state index contributed by atoms with van der Waals surface area (Å²) in [6.45, 7) is 7.65. The van der Waals surface area contributed by atoms with Crippen LogP contribution in [0.3, 0.4) is 0 Å². The average molecular weight is 298 g/mol. The first-order valence-corrected chi connectivity index (χ1v) is 6.71. The predicted octanol–water partition coefficient (Wildman–Crippen LogP) is 2.50. The fourth-order valence-electron chi connectivity index (χ4n) is 1.85. The molecule has 1 atom stereocenters. The van der Waals surface area contributed by atoms with Gasteiger partial charge in [0, 0.05) is 12.0 Å². The summed E-state index contributed by atoms with van der Waals surface area (Å²) in [6, 6.07) is 6.01. The van der Waals surface area contributed by atoms with Gasteiger partial charge in [-0.3, -0.25) is 0 Å². The molecule has 0 bridgehead atoms. The van der Waals surface area contributed by atoms with Gasteiger partial charge >= 0.3 is 6.09 Å². The van der Waals surface area contributed by atoms with Gasteiger partial charge in [-0.1, -0.05) is 19.1 Å². The third-order valence-electron chi connectivity index (χ3n) is 2.96. The van der Waals surface area contributed by atoms with Crippen molar-refractivity contribution in [3.8, 4) is 0 Å². The lowest BCUT2D eigenvalue weighted by molar-refractivity contribution is 0.0476. The Balaban J connectivity index is 2.77. The number of carbonyl (C=O) groups is 1. The van der Waals surface area contributed by atoms with Crippen molar-refractivity contribution < 1.29 is 18.8 Å². The minimum Gasteiger partial charge on any atom is -0.444 e. The average Bonchev–Trinajstić information content (AvgIpc) is 2.35. The second-order valence-corrected chi connectivity index (χ2v) is 6.23. The molecular weight excluding hydrogens is 275 g/mol. The second-order valence-electron chi connectivity index (χ2n) is 6.23. The van der Waals surface area contributed by atoms with Crippen LogP contribution in [0.2, 0.25) is 0 Å². The summed E-state index contributed by atoms with van der Waals surface area (Å²) in [7, 11) is 0. The van der Waals surface area contributed by atoms with Gasteiger partial charge in [-0.25, -0.2) is 15.1 Å². The quantitative estimate of drug-likeness (QED) is 0.819. The molecule has 0 aliphatic carbocycles. The number of amides is 1. The molecular formula is C15H23FN2O3. The van der Waals surface area contributed by atoms with Gasteiger partial charge in [0.1, 0.15) is 11.4 Å². The van der Waals surface area contributed by atoms with E-state index in [0.717, 1.165) is 5.56 Å². The smallest absolute Gasteiger partial charge is 0.407 e. The molecule has 0 fully saturated rings. The number of ether oxygens (including phenoxy) is 1. The summed E-state index contributed by atoms with van der Waals surface area (Å²) in [6.07, 6.45) is -0.521. The van der Waals surface area contributed by atoms with Crippen molar-refractivity contribution in [1.29, 1.82) is 0 Å². The van der Waals surface area contributed by atoms with E-state index >= 15 is 0 Å². The molecule has 3 N–H and O–H groups in total. The first-order chi connectivity index (χ1) is 9.66. The SMILES string of the molecule is CC(C)(C)OC(=O)NCC(C)(CON)c1ccc(F)cc1. The standard InChI is InChI=1S/C15H23FN2O3/c1-14(2,3)21-13(19)18-9-15(4,10-20-17)11-5-7-12(16)8-6-11/h5-8H,9-10,17H2,1-4H3,(H,18,19). The van der Waals surface area contributed by atoms with Crippen LogP contribution in [-0.2, 0) is 15.0 Å². The van der Waals surface area contributed by atoms with Crippen LogP contribution in [0, 0.1) is 5.82 Å². The van der Waals surface area contributed by atoms with Crippen LogP contribution in [-0.4, -0.2) is 24.8 Å². The number of halogens is 1. The van der Waals surface area contributed by atoms with Crippen molar-refractivity contribution in [2.45, 2.75) is 38.7 Å². The molecule has 1 rings (SSSR count). The number of alkyl carbamates (subject to hydrolysis) is 1. The molecule has 1 aromatic carbocycles. The third kappa shape index (κ3) is 5.69. The Morgan fingerprint density at radius 1 is 1.24 bits per heavy atom. The van der Waals surface area contributed by atoms with Gasteiger partial charge in [0.2, 0.25) is 0 Å². The molecule has 21 heavy (non-hydrogen) atoms. The molecule has 0 radical (unpaired) electrons. The van der Waals surface area contributed by atoms with Crippen LogP contribution < -0.4 is 11.2 Å². The molecule has 5 nitrogen and oxygen atoms in total. The molecule has 6 heteroatoms. The largest absolute Gasteiger partial charge is 0.444 e. The van der Waals surface area contributed by atoms with Crippen LogP contribution in [0.5, 0.6) is 0 Å². The zero-order chi connectivity index (χ0) is 16.1. The first kappa shape index (κ1) is 17.4. The van der Waals surface area contributed by atoms with E-state index in [1.54, 1.807) is 32.9 Å². The lowest BCUT2D eigenvalue weighted by atomic mass is 9.83. The summed E-state index contributed by atoms with van der Waals surface area (Å²) in [5.74, 6) is 4.85. The normalized spacial score (nSPS) is 14.4. The fourth-order valence-corrected chi connectivity index (χ4v) is 1.85. The number of hydrogen-bond acceptors (Lipinski definition) is 4. The minimum absolute atomic E-state index is 0.175. The number of nitrogens with two attached hydrogens (primary N) is 1. The van der Waals surface area contributed by atoms with Gasteiger partial charge in [0.25, 0.3) is 0 Å². The monoisotopic (exact) mass is 298 g/mol. The van der Waals surface area contributed by atoms with E-state index in [4.69, 9.17) is 15.5 Å². The number of hydrogen-bond donors (Lipinski definition) is 2. The molecule has 118 valence electrons. The Kier molecular flexibility index (Phi) is 5.69. The van der Waals surface area contributed by atoms with Crippen molar-refractivity contribution in [1.82, 2.24) is 5.32 Å². The van der Waals surface area contributed by atoms with Gasteiger partial charge in [-0.2, -0.15) is 0 Å². The maximum Gasteiger partial charge on any atom is 0.407 e. The van der Waals surface area contributed by atoms with Crippen molar-refractivity contribution >= 4 is 6.09 Å². The zero-order valence-electron chi connectivity index (χ0n) is 12.9. The summed E-state index contributed by atoms with van der Waals surface area (Å²) in [5, 5.41) is 2.69. The van der Waals surface area contributed by atoms with Crippen molar-refractivity contribution in [3.05, 3.63) is 35.6 Å². The number of nitrogens with one attached hydrogen (secondary N) is 1. The predicted molar refractivity (Wildman–Crippen MR) is 78.1 cm³/mol. The van der Waals surface area contributed by atoms with E-state index < -0.39 is 17.1 Å². The number of benzene rings is 1. The highest BCUT2D eigenvalue weighted by Gasteiger charge is 2.29. The summed E-state index contributed by atoms with van der Waals surface area (Å²) < 4.78 is 18.2. The van der Waals surface area contributed by atoms with E-state index in [2.05, 4.69) is 5.32 Å². The molecule has 0 spiro atoms. The van der Waals surface area contributed by atoms with Crippen molar-refractivity contribution in [2.75, 3.05) is 13.2 Å². The Labute approximate surface area is 124 Å². The molecule has 0 saturated heterocycles. The molecule has 0 aliphatic rings. The number of carbonyl (C=O) groups excluding carboxylic acids is 1. The maximum absolute atomic E-state index is 13.0. The summed E-state index contributed by atoms with van der Waals surface area (Å²) in [5.41, 5.74) is -0.342. The summed E-state index contributed by atoms with van der Waals surface area (Å²) >= 11 is 0. The minimum atomic E-state index is -0.584. The molecule has 0 saturated carbocycles. The van der Waals surface area contributed by atoms with Crippen molar-refractivity contribution in [3.63, 3.8) is 0 Å². The molecule has 1 unspecified atom stereocenters. The fraction of sp³-hybridized carbons (Fsp3) is 0.533. The van der Waals surface area contributed by atoms with E-state index in [0.29, 0.717) is 0 Å². The van der Waals surface area contributed by atoms with Crippen LogP contribution in [0.4, 0.5) is 9.18 Å². The molecule has 1 aromatic rings. The highest BCUT2D eigenvalue weighted by molar-refractivity contribution is 5.67. The van der Waals surface area contributed by atoms with E-state index in [9.17, 15) is 9.18 Å². The molecule has 1 amide bonds. The van der Waals surface area contributed by atoms with Crippen LogP contribution in [0.15, 0.2) is 24.3 Å². The van der Waals surface area contributed by atoms with Crippen LogP contribution in [0.25, 0.3) is 0 Å². The lowest BCUT2D eigenvalue weighted by Crippen LogP contribution is -2.44. The molecule has 0 heterocycles. The van der Waals surface area contributed by atoms with E-state index in [-0.39, 0.29) is 19.0 Å². The molecule has 0 aromatic heterocycles. The highest BCUT2D eigenvalue weighted by atomic mass is 19.1. The van der Waals surface area contributed by atoms with Crippen LogP contribution in [0.1, 0.15) is 33.3 Å². The van der Waals surface area contributed by atoms with Crippen molar-refractivity contribution in [2.24, 2.45) is 5.90 Å². The van der Waals surface area contributed by atoms with E-state index in [1.165, 1.54) is 12.1 Å². The van der Waals surface area contributed by atoms with Crippen LogP contribution >= 0.6 is 0 Å². The maximum atomic E-state index is 13.0. The second kappa shape index (κ2) is 6.87. The first-order valence-electron chi connectivity index (χ1n) is 6.71. The van der Waals surface area contributed by atoms with Gasteiger partial charge < -0.3 is 14.9 Å². The number of rotatable bonds is 5. The van der Waals surface area contributed by atoms with Gasteiger partial charge in [-0.15, -0.1) is 0 Å². The highest BCUT2D eigenvalue weighted by Crippen LogP contribution is 2.23. The summed E-state index contributed by atoms with van der Waals surface area (Å²) in [4.78, 5) is 16.5. The zero-order valence-corrected chi connectivity index (χ0v) is 12.9. The van der Waals surface area contributed by atoms with Gasteiger partial charge in [0.15, 0.2) is 0 Å². The molecule has 0 aliphatic heterocycles. The van der Waals surface area contributed by atoms with Gasteiger partial charge in [0.05, 0.1) is 6.61 Å². The third-order valence-corrected chi connectivity index (χ3v) is 2.96. The van der Waals surface area contributed by atoms with Gasteiger partial charge in [-0.05, 0) is 38.5 Å². The lowest BCUT2D eigenvalue weighted by Gasteiger charge is -2.30.